The van der Waals surface area contributed by atoms with Crippen LogP contribution >= 0.6 is 11.3 Å². The summed E-state index contributed by atoms with van der Waals surface area (Å²) in [6.45, 7) is 6.27. The first-order chi connectivity index (χ1) is 10.1. The summed E-state index contributed by atoms with van der Waals surface area (Å²) in [5.41, 5.74) is 5.17. The van der Waals surface area contributed by atoms with E-state index in [0.717, 1.165) is 18.0 Å². The van der Waals surface area contributed by atoms with Crippen LogP contribution in [-0.4, -0.2) is 28.9 Å². The first-order valence-corrected chi connectivity index (χ1v) is 8.36. The molecule has 0 saturated carbocycles. The Morgan fingerprint density at radius 1 is 1.43 bits per heavy atom. The van der Waals surface area contributed by atoms with Gasteiger partial charge in [0.1, 0.15) is 0 Å². The van der Waals surface area contributed by atoms with E-state index < -0.39 is 0 Å². The molecular formula is C16H23N3OS. The smallest absolute Gasteiger partial charge is 0.184 e. The number of nitrogens with zero attached hydrogens (tertiary/aromatic N) is 3. The number of ether oxygens (including phenoxy) is 1. The zero-order valence-electron chi connectivity index (χ0n) is 13.2. The highest BCUT2D eigenvalue weighted by Crippen LogP contribution is 2.28. The molecule has 0 aliphatic carbocycles. The van der Waals surface area contributed by atoms with Gasteiger partial charge in [0, 0.05) is 49.6 Å². The maximum absolute atomic E-state index is 5.79. The fourth-order valence-corrected chi connectivity index (χ4v) is 4.01. The van der Waals surface area contributed by atoms with Crippen LogP contribution in [0, 0.1) is 13.8 Å². The van der Waals surface area contributed by atoms with Gasteiger partial charge in [-0.3, -0.25) is 4.99 Å². The number of aryl methyl sites for hydroxylation is 1. The molecule has 1 fully saturated rings. The monoisotopic (exact) mass is 305 g/mol. The Balaban J connectivity index is 1.98. The van der Waals surface area contributed by atoms with E-state index in [1.807, 2.05) is 7.05 Å². The second-order valence-electron chi connectivity index (χ2n) is 5.72. The van der Waals surface area contributed by atoms with Crippen LogP contribution in [-0.2, 0) is 18.3 Å². The lowest BCUT2D eigenvalue weighted by atomic mass is 10.2. The highest BCUT2D eigenvalue weighted by molar-refractivity contribution is 7.07. The standard InChI is InChI=1S/C16H23N3OS/c1-11-8-14(15-10-21-16(17-3)18(15)4)12(2)19(11)9-13-6-5-7-20-13/h8,10,13H,5-7,9H2,1-4H3/t13-/m0/s1. The van der Waals surface area contributed by atoms with Gasteiger partial charge in [0.05, 0.1) is 11.8 Å². The number of thiazole rings is 1. The molecule has 0 spiro atoms. The summed E-state index contributed by atoms with van der Waals surface area (Å²) in [7, 11) is 3.93. The molecule has 1 saturated heterocycles. The van der Waals surface area contributed by atoms with E-state index in [9.17, 15) is 0 Å². The second-order valence-corrected chi connectivity index (χ2v) is 6.55. The molecule has 0 N–H and O–H groups in total. The molecule has 4 nitrogen and oxygen atoms in total. The summed E-state index contributed by atoms with van der Waals surface area (Å²) in [6.07, 6.45) is 2.75. The minimum absolute atomic E-state index is 0.375. The minimum Gasteiger partial charge on any atom is -0.376 e. The van der Waals surface area contributed by atoms with Crippen LogP contribution in [0.2, 0.25) is 0 Å². The highest BCUT2D eigenvalue weighted by atomic mass is 32.1. The molecular weight excluding hydrogens is 282 g/mol. The average Bonchev–Trinajstić information content (AvgIpc) is 3.16. The number of hydrogen-bond acceptors (Lipinski definition) is 3. The van der Waals surface area contributed by atoms with Gasteiger partial charge < -0.3 is 13.9 Å². The highest BCUT2D eigenvalue weighted by Gasteiger charge is 2.20. The summed E-state index contributed by atoms with van der Waals surface area (Å²) in [4.78, 5) is 5.36. The van der Waals surface area contributed by atoms with Gasteiger partial charge in [0.2, 0.25) is 0 Å². The number of rotatable bonds is 3. The largest absolute Gasteiger partial charge is 0.376 e. The summed E-state index contributed by atoms with van der Waals surface area (Å²) >= 11 is 1.69. The van der Waals surface area contributed by atoms with Crippen molar-refractivity contribution in [1.29, 1.82) is 0 Å². The predicted octanol–water partition coefficient (Wildman–Crippen LogP) is 2.88. The molecule has 0 amide bonds. The maximum Gasteiger partial charge on any atom is 0.184 e. The zero-order chi connectivity index (χ0) is 15.0. The van der Waals surface area contributed by atoms with Gasteiger partial charge in [0.15, 0.2) is 4.80 Å². The van der Waals surface area contributed by atoms with Gasteiger partial charge in [-0.05, 0) is 32.8 Å². The van der Waals surface area contributed by atoms with Crippen LogP contribution in [0.25, 0.3) is 11.3 Å². The van der Waals surface area contributed by atoms with E-state index in [4.69, 9.17) is 4.74 Å². The van der Waals surface area contributed by atoms with Gasteiger partial charge in [-0.2, -0.15) is 0 Å². The van der Waals surface area contributed by atoms with E-state index in [1.54, 1.807) is 11.3 Å². The van der Waals surface area contributed by atoms with Crippen molar-refractivity contribution in [2.24, 2.45) is 12.0 Å². The Morgan fingerprint density at radius 3 is 2.86 bits per heavy atom. The lowest BCUT2D eigenvalue weighted by molar-refractivity contribution is 0.0962. The van der Waals surface area contributed by atoms with Crippen LogP contribution in [0.15, 0.2) is 16.4 Å². The normalized spacial score (nSPS) is 19.6. The molecule has 0 radical (unpaired) electrons. The van der Waals surface area contributed by atoms with Crippen LogP contribution in [0.4, 0.5) is 0 Å². The van der Waals surface area contributed by atoms with Crippen molar-refractivity contribution in [2.45, 2.75) is 39.3 Å². The van der Waals surface area contributed by atoms with Crippen LogP contribution < -0.4 is 4.80 Å². The molecule has 1 aliphatic rings. The lowest BCUT2D eigenvalue weighted by Gasteiger charge is -2.15. The fourth-order valence-electron chi connectivity index (χ4n) is 3.15. The maximum atomic E-state index is 5.79. The van der Waals surface area contributed by atoms with Gasteiger partial charge in [-0.15, -0.1) is 11.3 Å². The van der Waals surface area contributed by atoms with E-state index >= 15 is 0 Å². The molecule has 3 heterocycles. The first kappa shape index (κ1) is 14.6. The van der Waals surface area contributed by atoms with E-state index in [-0.39, 0.29) is 0 Å². The van der Waals surface area contributed by atoms with Crippen LogP contribution in [0.5, 0.6) is 0 Å². The van der Waals surface area contributed by atoms with Crippen molar-refractivity contribution in [3.8, 4) is 11.3 Å². The second kappa shape index (κ2) is 5.81. The minimum atomic E-state index is 0.375. The molecule has 0 bridgehead atoms. The molecule has 1 atom stereocenters. The molecule has 114 valence electrons. The van der Waals surface area contributed by atoms with Gasteiger partial charge in [0.25, 0.3) is 0 Å². The summed E-state index contributed by atoms with van der Waals surface area (Å²) in [6, 6.07) is 2.28. The topological polar surface area (TPSA) is 31.4 Å². The molecule has 2 aromatic heterocycles. The van der Waals surface area contributed by atoms with E-state index in [0.29, 0.717) is 6.10 Å². The Kier molecular flexibility index (Phi) is 4.04. The fraction of sp³-hybridized carbons (Fsp3) is 0.562. The van der Waals surface area contributed by atoms with Gasteiger partial charge >= 0.3 is 0 Å². The van der Waals surface area contributed by atoms with Crippen molar-refractivity contribution >= 4 is 11.3 Å². The number of aromatic nitrogens is 2. The predicted molar refractivity (Wildman–Crippen MR) is 86.7 cm³/mol. The molecule has 5 heteroatoms. The summed E-state index contributed by atoms with van der Waals surface area (Å²) in [5, 5.41) is 2.19. The first-order valence-electron chi connectivity index (χ1n) is 7.48. The van der Waals surface area contributed by atoms with Crippen molar-refractivity contribution in [3.63, 3.8) is 0 Å². The Hall–Kier alpha value is -1.33. The quantitative estimate of drug-likeness (QED) is 0.858. The number of hydrogen-bond donors (Lipinski definition) is 0. The van der Waals surface area contributed by atoms with Crippen molar-refractivity contribution < 1.29 is 4.74 Å². The lowest BCUT2D eigenvalue weighted by Crippen LogP contribution is -2.17. The van der Waals surface area contributed by atoms with Crippen LogP contribution in [0.1, 0.15) is 24.2 Å². The Labute approximate surface area is 129 Å². The van der Waals surface area contributed by atoms with Crippen molar-refractivity contribution in [2.75, 3.05) is 13.7 Å². The third-order valence-corrected chi connectivity index (χ3v) is 5.38. The molecule has 2 aromatic rings. The SMILES string of the molecule is CN=c1scc(-c2cc(C)n(C[C@@H]3CCCO3)c2C)n1C. The Bertz CT molecular complexity index is 702. The molecule has 0 aromatic carbocycles. The van der Waals surface area contributed by atoms with Crippen molar-refractivity contribution in [3.05, 3.63) is 27.6 Å². The molecule has 21 heavy (non-hydrogen) atoms. The van der Waals surface area contributed by atoms with Gasteiger partial charge in [-0.1, -0.05) is 0 Å². The van der Waals surface area contributed by atoms with E-state index in [2.05, 4.69) is 46.5 Å². The van der Waals surface area contributed by atoms with Crippen LogP contribution in [0.3, 0.4) is 0 Å². The van der Waals surface area contributed by atoms with Crippen molar-refractivity contribution in [1.82, 2.24) is 9.13 Å². The van der Waals surface area contributed by atoms with Gasteiger partial charge in [-0.25, -0.2) is 0 Å². The Morgan fingerprint density at radius 2 is 2.24 bits per heavy atom. The summed E-state index contributed by atoms with van der Waals surface area (Å²) in [5.74, 6) is 0. The summed E-state index contributed by atoms with van der Waals surface area (Å²) < 4.78 is 10.4. The third-order valence-electron chi connectivity index (χ3n) is 4.38. The molecule has 3 rings (SSSR count). The zero-order valence-corrected chi connectivity index (χ0v) is 14.0. The molecule has 0 unspecified atom stereocenters. The van der Waals surface area contributed by atoms with E-state index in [1.165, 1.54) is 35.5 Å². The average molecular weight is 305 g/mol. The third kappa shape index (κ3) is 2.60. The molecule has 1 aliphatic heterocycles.